The Morgan fingerprint density at radius 1 is 1.47 bits per heavy atom. The number of rotatable bonds is 5. The highest BCUT2D eigenvalue weighted by molar-refractivity contribution is 7.90. The molecule has 1 heterocycles. The van der Waals surface area contributed by atoms with Crippen LogP contribution in [0.1, 0.15) is 24.0 Å². The van der Waals surface area contributed by atoms with Gasteiger partial charge >= 0.3 is 0 Å². The van der Waals surface area contributed by atoms with Gasteiger partial charge in [-0.2, -0.15) is 0 Å². The first-order valence-electron chi connectivity index (χ1n) is 4.61. The molecular weight excluding hydrogens is 218 g/mol. The molecule has 1 aromatic heterocycles. The minimum Gasteiger partial charge on any atom is -0.424 e. The highest BCUT2D eigenvalue weighted by atomic mass is 32.2. The second-order valence-corrected chi connectivity index (χ2v) is 5.73. The zero-order valence-electron chi connectivity index (χ0n) is 9.02. The molecule has 1 atom stereocenters. The van der Waals surface area contributed by atoms with Crippen LogP contribution < -0.4 is 5.32 Å². The Kier molecular flexibility index (Phi) is 3.81. The predicted octanol–water partition coefficient (Wildman–Crippen LogP) is -0.0629. The fourth-order valence-corrected chi connectivity index (χ4v) is 1.41. The molecule has 1 N–H and O–H groups in total. The Morgan fingerprint density at radius 2 is 2.13 bits per heavy atom. The van der Waals surface area contributed by atoms with Gasteiger partial charge in [0.15, 0.2) is 9.84 Å². The molecule has 1 aromatic rings. The van der Waals surface area contributed by atoms with Crippen LogP contribution in [0.4, 0.5) is 0 Å². The lowest BCUT2D eigenvalue weighted by Gasteiger charge is -2.02. The third-order valence-electron chi connectivity index (χ3n) is 2.06. The SMILES string of the molecule is CNCCc1nnc(C(C)S(C)(=O)=O)o1. The first-order chi connectivity index (χ1) is 6.95. The Morgan fingerprint density at radius 3 is 2.67 bits per heavy atom. The molecule has 0 radical (unpaired) electrons. The molecule has 15 heavy (non-hydrogen) atoms. The van der Waals surface area contributed by atoms with Crippen molar-refractivity contribution in [2.24, 2.45) is 0 Å². The molecule has 1 unspecified atom stereocenters. The highest BCUT2D eigenvalue weighted by Crippen LogP contribution is 2.19. The molecule has 6 nitrogen and oxygen atoms in total. The quantitative estimate of drug-likeness (QED) is 0.766. The second-order valence-electron chi connectivity index (χ2n) is 3.36. The van der Waals surface area contributed by atoms with Crippen LogP contribution in [0.5, 0.6) is 0 Å². The number of aromatic nitrogens is 2. The molecule has 0 amide bonds. The minimum atomic E-state index is -3.17. The van der Waals surface area contributed by atoms with Gasteiger partial charge in [-0.3, -0.25) is 0 Å². The summed E-state index contributed by atoms with van der Waals surface area (Å²) in [6.45, 7) is 2.25. The lowest BCUT2D eigenvalue weighted by Crippen LogP contribution is -2.10. The number of nitrogens with one attached hydrogen (secondary N) is 1. The molecule has 0 aliphatic heterocycles. The maximum atomic E-state index is 11.2. The summed E-state index contributed by atoms with van der Waals surface area (Å²) in [6.07, 6.45) is 1.75. The second kappa shape index (κ2) is 4.71. The Hall–Kier alpha value is -0.950. The average Bonchev–Trinajstić information content (AvgIpc) is 2.60. The lowest BCUT2D eigenvalue weighted by molar-refractivity contribution is 0.442. The van der Waals surface area contributed by atoms with E-state index in [4.69, 9.17) is 4.42 Å². The smallest absolute Gasteiger partial charge is 0.234 e. The molecule has 0 saturated carbocycles. The van der Waals surface area contributed by atoms with Crippen molar-refractivity contribution in [2.75, 3.05) is 19.8 Å². The maximum absolute atomic E-state index is 11.2. The van der Waals surface area contributed by atoms with E-state index in [1.807, 2.05) is 7.05 Å². The van der Waals surface area contributed by atoms with Gasteiger partial charge in [-0.15, -0.1) is 10.2 Å². The van der Waals surface area contributed by atoms with Gasteiger partial charge in [0.25, 0.3) is 0 Å². The van der Waals surface area contributed by atoms with Crippen molar-refractivity contribution in [2.45, 2.75) is 18.6 Å². The average molecular weight is 233 g/mol. The Labute approximate surface area is 89.0 Å². The summed E-state index contributed by atoms with van der Waals surface area (Å²) in [4.78, 5) is 0. The van der Waals surface area contributed by atoms with E-state index < -0.39 is 15.1 Å². The number of hydrogen-bond acceptors (Lipinski definition) is 6. The number of hydrogen-bond donors (Lipinski definition) is 1. The van der Waals surface area contributed by atoms with Crippen LogP contribution in [0.3, 0.4) is 0 Å². The van der Waals surface area contributed by atoms with Crippen molar-refractivity contribution < 1.29 is 12.8 Å². The van der Waals surface area contributed by atoms with E-state index in [9.17, 15) is 8.42 Å². The van der Waals surface area contributed by atoms with E-state index in [1.165, 1.54) is 6.92 Å². The van der Waals surface area contributed by atoms with Gasteiger partial charge in [0.2, 0.25) is 11.8 Å². The van der Waals surface area contributed by atoms with Gasteiger partial charge in [0, 0.05) is 19.2 Å². The van der Waals surface area contributed by atoms with Gasteiger partial charge < -0.3 is 9.73 Å². The summed E-state index contributed by atoms with van der Waals surface area (Å²) >= 11 is 0. The summed E-state index contributed by atoms with van der Waals surface area (Å²) in [5.41, 5.74) is 0. The third kappa shape index (κ3) is 3.28. The fourth-order valence-electron chi connectivity index (χ4n) is 0.947. The van der Waals surface area contributed by atoms with Crippen molar-refractivity contribution in [1.82, 2.24) is 15.5 Å². The van der Waals surface area contributed by atoms with Gasteiger partial charge in [-0.05, 0) is 14.0 Å². The molecule has 0 aliphatic rings. The number of sulfone groups is 1. The molecule has 0 aliphatic carbocycles. The van der Waals surface area contributed by atoms with E-state index in [1.54, 1.807) is 0 Å². The third-order valence-corrected chi connectivity index (χ3v) is 3.55. The molecule has 7 heteroatoms. The van der Waals surface area contributed by atoms with Crippen LogP contribution in [-0.4, -0.2) is 38.5 Å². The van der Waals surface area contributed by atoms with Crippen molar-refractivity contribution in [3.8, 4) is 0 Å². The molecule has 1 rings (SSSR count). The molecule has 0 saturated heterocycles. The largest absolute Gasteiger partial charge is 0.424 e. The van der Waals surface area contributed by atoms with Crippen molar-refractivity contribution >= 4 is 9.84 Å². The number of nitrogens with zero attached hydrogens (tertiary/aromatic N) is 2. The highest BCUT2D eigenvalue weighted by Gasteiger charge is 2.23. The summed E-state index contributed by atoms with van der Waals surface area (Å²) in [5.74, 6) is 0.610. The van der Waals surface area contributed by atoms with E-state index in [0.29, 0.717) is 12.3 Å². The summed E-state index contributed by atoms with van der Waals surface area (Å²) in [5, 5.41) is 9.68. The molecule has 0 spiro atoms. The van der Waals surface area contributed by atoms with E-state index in [2.05, 4.69) is 15.5 Å². The van der Waals surface area contributed by atoms with Gasteiger partial charge in [0.05, 0.1) is 0 Å². The molecular formula is C8H15N3O3S. The van der Waals surface area contributed by atoms with Crippen LogP contribution in [0, 0.1) is 0 Å². The summed E-state index contributed by atoms with van der Waals surface area (Å²) in [7, 11) is -1.36. The Balaban J connectivity index is 2.76. The van der Waals surface area contributed by atoms with E-state index in [0.717, 1.165) is 12.8 Å². The normalized spacial score (nSPS) is 14.1. The van der Waals surface area contributed by atoms with Crippen LogP contribution in [0.25, 0.3) is 0 Å². The molecule has 0 bridgehead atoms. The van der Waals surface area contributed by atoms with E-state index >= 15 is 0 Å². The van der Waals surface area contributed by atoms with Gasteiger partial charge in [-0.1, -0.05) is 0 Å². The maximum Gasteiger partial charge on any atom is 0.234 e. The standard InChI is InChI=1S/C8H15N3O3S/c1-6(15(3,12)13)8-11-10-7(14-8)4-5-9-2/h6,9H,4-5H2,1-3H3. The van der Waals surface area contributed by atoms with Crippen molar-refractivity contribution in [1.29, 1.82) is 0 Å². The van der Waals surface area contributed by atoms with Crippen molar-refractivity contribution in [3.63, 3.8) is 0 Å². The monoisotopic (exact) mass is 233 g/mol. The van der Waals surface area contributed by atoms with Gasteiger partial charge in [0.1, 0.15) is 5.25 Å². The predicted molar refractivity (Wildman–Crippen MR) is 55.2 cm³/mol. The van der Waals surface area contributed by atoms with Crippen LogP contribution in [-0.2, 0) is 16.3 Å². The lowest BCUT2D eigenvalue weighted by atomic mass is 10.4. The first-order valence-corrected chi connectivity index (χ1v) is 6.56. The first kappa shape index (κ1) is 12.1. The zero-order chi connectivity index (χ0) is 11.5. The van der Waals surface area contributed by atoms with E-state index in [-0.39, 0.29) is 5.89 Å². The zero-order valence-corrected chi connectivity index (χ0v) is 9.84. The molecule has 86 valence electrons. The number of likely N-dealkylation sites (N-methyl/N-ethyl adjacent to an activating group) is 1. The molecule has 0 fully saturated rings. The summed E-state index contributed by atoms with van der Waals surface area (Å²) in [6, 6.07) is 0. The van der Waals surface area contributed by atoms with Crippen LogP contribution in [0.15, 0.2) is 4.42 Å². The summed E-state index contributed by atoms with van der Waals surface area (Å²) < 4.78 is 27.7. The van der Waals surface area contributed by atoms with Gasteiger partial charge in [-0.25, -0.2) is 8.42 Å². The Bertz CT molecular complexity index is 413. The van der Waals surface area contributed by atoms with Crippen molar-refractivity contribution in [3.05, 3.63) is 11.8 Å². The minimum absolute atomic E-state index is 0.156. The topological polar surface area (TPSA) is 85.1 Å². The van der Waals surface area contributed by atoms with Crippen LogP contribution in [0.2, 0.25) is 0 Å². The van der Waals surface area contributed by atoms with Crippen LogP contribution >= 0.6 is 0 Å². The molecule has 0 aromatic carbocycles. The fraction of sp³-hybridized carbons (Fsp3) is 0.750.